The van der Waals surface area contributed by atoms with Crippen LogP contribution in [-0.4, -0.2) is 35.4 Å². The summed E-state index contributed by atoms with van der Waals surface area (Å²) in [6.45, 7) is 5.34. The van der Waals surface area contributed by atoms with Gasteiger partial charge in [0, 0.05) is 33.2 Å². The van der Waals surface area contributed by atoms with E-state index >= 15 is 0 Å². The van der Waals surface area contributed by atoms with Crippen LogP contribution >= 0.6 is 50.7 Å². The Labute approximate surface area is 206 Å². The molecular weight excluding hydrogens is 527 g/mol. The largest absolute Gasteiger partial charge is 0.483 e. The summed E-state index contributed by atoms with van der Waals surface area (Å²) in [6, 6.07) is 9.32. The number of amides is 2. The van der Waals surface area contributed by atoms with Crippen molar-refractivity contribution in [2.24, 2.45) is 0 Å². The molecule has 1 N–H and O–H groups in total. The SMILES string of the molecule is CCC(C)NC(=O)C(C)N(Cc1c(Cl)cccc1Cl)C(=O)COc1ccc(Cl)cc1Br. The Morgan fingerprint density at radius 1 is 1.13 bits per heavy atom. The maximum absolute atomic E-state index is 13.1. The molecule has 0 aliphatic rings. The topological polar surface area (TPSA) is 58.6 Å². The van der Waals surface area contributed by atoms with Gasteiger partial charge in [-0.15, -0.1) is 0 Å². The lowest BCUT2D eigenvalue weighted by Gasteiger charge is -2.30. The molecule has 2 amide bonds. The van der Waals surface area contributed by atoms with E-state index < -0.39 is 6.04 Å². The van der Waals surface area contributed by atoms with Gasteiger partial charge in [0.2, 0.25) is 5.91 Å². The lowest BCUT2D eigenvalue weighted by Crippen LogP contribution is -2.50. The van der Waals surface area contributed by atoms with E-state index in [0.717, 1.165) is 6.42 Å². The Balaban J connectivity index is 2.24. The normalized spacial score (nSPS) is 12.7. The molecule has 5 nitrogen and oxygen atoms in total. The zero-order valence-corrected chi connectivity index (χ0v) is 21.3. The first kappa shape index (κ1) is 25.8. The van der Waals surface area contributed by atoms with E-state index in [2.05, 4.69) is 21.2 Å². The van der Waals surface area contributed by atoms with Gasteiger partial charge in [0.05, 0.1) is 4.47 Å². The molecule has 0 bridgehead atoms. The fourth-order valence-electron chi connectivity index (χ4n) is 2.72. The third-order valence-electron chi connectivity index (χ3n) is 4.80. The molecule has 0 saturated carbocycles. The molecule has 31 heavy (non-hydrogen) atoms. The van der Waals surface area contributed by atoms with Crippen molar-refractivity contribution in [1.29, 1.82) is 0 Å². The molecule has 2 aromatic rings. The molecule has 0 spiro atoms. The van der Waals surface area contributed by atoms with Crippen LogP contribution in [0.25, 0.3) is 0 Å². The van der Waals surface area contributed by atoms with Gasteiger partial charge in [-0.05, 0) is 66.5 Å². The van der Waals surface area contributed by atoms with E-state index in [0.29, 0.717) is 30.9 Å². The fraction of sp³-hybridized carbons (Fsp3) is 0.364. The average molecular weight is 551 g/mol. The molecule has 0 aliphatic heterocycles. The number of nitrogens with one attached hydrogen (secondary N) is 1. The Kier molecular flexibility index (Phi) is 9.94. The number of carbonyl (C=O) groups excluding carboxylic acids is 2. The second-order valence-corrected chi connectivity index (χ2v) is 9.18. The highest BCUT2D eigenvalue weighted by molar-refractivity contribution is 9.10. The summed E-state index contributed by atoms with van der Waals surface area (Å²) in [4.78, 5) is 27.3. The van der Waals surface area contributed by atoms with Crippen molar-refractivity contribution >= 4 is 62.5 Å². The summed E-state index contributed by atoms with van der Waals surface area (Å²) >= 11 is 21.9. The molecule has 0 heterocycles. The van der Waals surface area contributed by atoms with Crippen LogP contribution in [0.3, 0.4) is 0 Å². The highest BCUT2D eigenvalue weighted by atomic mass is 79.9. The van der Waals surface area contributed by atoms with Gasteiger partial charge in [-0.25, -0.2) is 0 Å². The minimum absolute atomic E-state index is 0.0166. The van der Waals surface area contributed by atoms with Crippen molar-refractivity contribution in [2.45, 2.75) is 45.8 Å². The first-order valence-corrected chi connectivity index (χ1v) is 11.7. The first-order chi connectivity index (χ1) is 14.6. The fourth-order valence-corrected chi connectivity index (χ4v) is 4.03. The third kappa shape index (κ3) is 7.28. The molecule has 9 heteroatoms. The number of rotatable bonds is 9. The number of ether oxygens (including phenoxy) is 1. The minimum Gasteiger partial charge on any atom is -0.483 e. The number of halogens is 4. The molecule has 0 aromatic heterocycles. The second-order valence-electron chi connectivity index (χ2n) is 7.08. The Bertz CT molecular complexity index is 922. The number of hydrogen-bond donors (Lipinski definition) is 1. The van der Waals surface area contributed by atoms with Crippen LogP contribution in [-0.2, 0) is 16.1 Å². The number of carbonyl (C=O) groups is 2. The maximum atomic E-state index is 13.1. The molecule has 0 fully saturated rings. The third-order valence-corrected chi connectivity index (χ3v) is 6.37. The summed E-state index contributed by atoms with van der Waals surface area (Å²) in [6.07, 6.45) is 0.774. The van der Waals surface area contributed by atoms with Gasteiger partial charge in [-0.2, -0.15) is 0 Å². The lowest BCUT2D eigenvalue weighted by atomic mass is 10.1. The van der Waals surface area contributed by atoms with Gasteiger partial charge in [0.1, 0.15) is 11.8 Å². The maximum Gasteiger partial charge on any atom is 0.261 e. The van der Waals surface area contributed by atoms with Gasteiger partial charge in [-0.3, -0.25) is 9.59 Å². The minimum atomic E-state index is -0.758. The summed E-state index contributed by atoms with van der Waals surface area (Å²) in [5.74, 6) is -0.187. The van der Waals surface area contributed by atoms with Gasteiger partial charge in [0.25, 0.3) is 5.91 Å². The van der Waals surface area contributed by atoms with Gasteiger partial charge in [-0.1, -0.05) is 47.8 Å². The number of benzene rings is 2. The monoisotopic (exact) mass is 548 g/mol. The molecule has 0 saturated heterocycles. The van der Waals surface area contributed by atoms with Crippen LogP contribution in [0.4, 0.5) is 0 Å². The van der Waals surface area contributed by atoms with Crippen molar-refractivity contribution in [3.63, 3.8) is 0 Å². The number of hydrogen-bond acceptors (Lipinski definition) is 3. The van der Waals surface area contributed by atoms with E-state index in [1.165, 1.54) is 4.90 Å². The van der Waals surface area contributed by atoms with Crippen molar-refractivity contribution in [2.75, 3.05) is 6.61 Å². The van der Waals surface area contributed by atoms with Crippen molar-refractivity contribution in [3.05, 3.63) is 61.5 Å². The Morgan fingerprint density at radius 2 is 1.77 bits per heavy atom. The second kappa shape index (κ2) is 12.0. The van der Waals surface area contributed by atoms with E-state index in [-0.39, 0.29) is 31.0 Å². The molecule has 2 rings (SSSR count). The van der Waals surface area contributed by atoms with Crippen LogP contribution in [0, 0.1) is 0 Å². The van der Waals surface area contributed by atoms with E-state index in [4.69, 9.17) is 39.5 Å². The number of nitrogens with zero attached hydrogens (tertiary/aromatic N) is 1. The van der Waals surface area contributed by atoms with Gasteiger partial charge >= 0.3 is 0 Å². The van der Waals surface area contributed by atoms with Gasteiger partial charge < -0.3 is 15.0 Å². The van der Waals surface area contributed by atoms with E-state index in [1.807, 2.05) is 13.8 Å². The standard InChI is InChI=1S/C22H24BrCl3N2O3/c1-4-13(2)27-22(30)14(3)28(11-16-18(25)6-5-7-19(16)26)21(29)12-31-20-9-8-15(24)10-17(20)23/h5-10,13-14H,4,11-12H2,1-3H3,(H,27,30). The average Bonchev–Trinajstić information content (AvgIpc) is 2.72. The van der Waals surface area contributed by atoms with Crippen LogP contribution in [0.5, 0.6) is 5.75 Å². The molecule has 0 aliphatic carbocycles. The van der Waals surface area contributed by atoms with E-state index in [1.54, 1.807) is 43.3 Å². The quantitative estimate of drug-likeness (QED) is 0.409. The van der Waals surface area contributed by atoms with Crippen molar-refractivity contribution < 1.29 is 14.3 Å². The molecular formula is C22H24BrCl3N2O3. The predicted octanol–water partition coefficient (Wildman–Crippen LogP) is 6.12. The molecule has 168 valence electrons. The summed E-state index contributed by atoms with van der Waals surface area (Å²) < 4.78 is 6.29. The summed E-state index contributed by atoms with van der Waals surface area (Å²) in [7, 11) is 0. The summed E-state index contributed by atoms with van der Waals surface area (Å²) in [5, 5.41) is 4.28. The van der Waals surface area contributed by atoms with Crippen molar-refractivity contribution in [1.82, 2.24) is 10.2 Å². The zero-order valence-electron chi connectivity index (χ0n) is 17.4. The predicted molar refractivity (Wildman–Crippen MR) is 129 cm³/mol. The highest BCUT2D eigenvalue weighted by Crippen LogP contribution is 2.29. The van der Waals surface area contributed by atoms with Gasteiger partial charge in [0.15, 0.2) is 6.61 Å². The smallest absolute Gasteiger partial charge is 0.261 e. The summed E-state index contributed by atoms with van der Waals surface area (Å²) in [5.41, 5.74) is 0.565. The lowest BCUT2D eigenvalue weighted by molar-refractivity contribution is -0.142. The van der Waals surface area contributed by atoms with Crippen LogP contribution < -0.4 is 10.1 Å². The van der Waals surface area contributed by atoms with Crippen molar-refractivity contribution in [3.8, 4) is 5.75 Å². The van der Waals surface area contributed by atoms with Crippen LogP contribution in [0.1, 0.15) is 32.8 Å². The zero-order chi connectivity index (χ0) is 23.1. The van der Waals surface area contributed by atoms with Crippen LogP contribution in [0.15, 0.2) is 40.9 Å². The molecule has 2 atom stereocenters. The van der Waals surface area contributed by atoms with E-state index in [9.17, 15) is 9.59 Å². The van der Waals surface area contributed by atoms with Crippen LogP contribution in [0.2, 0.25) is 15.1 Å². The molecule has 0 radical (unpaired) electrons. The molecule has 2 aromatic carbocycles. The highest BCUT2D eigenvalue weighted by Gasteiger charge is 2.28. The first-order valence-electron chi connectivity index (χ1n) is 9.74. The Morgan fingerprint density at radius 3 is 2.35 bits per heavy atom. The Hall–Kier alpha value is -1.47. The molecule has 2 unspecified atom stereocenters.